The highest BCUT2D eigenvalue weighted by atomic mass is 35.5. The van der Waals surface area contributed by atoms with Crippen LogP contribution in [0.5, 0.6) is 0 Å². The maximum Gasteiger partial charge on any atom is 0.244 e. The molecule has 0 heterocycles. The third-order valence-electron chi connectivity index (χ3n) is 3.06. The third-order valence-corrected chi connectivity index (χ3v) is 3.31. The van der Waals surface area contributed by atoms with Crippen molar-refractivity contribution in [3.63, 3.8) is 0 Å². The van der Waals surface area contributed by atoms with Crippen molar-refractivity contribution in [2.24, 2.45) is 11.7 Å². The molecule has 8 heteroatoms. The maximum absolute atomic E-state index is 12.0. The van der Waals surface area contributed by atoms with Crippen molar-refractivity contribution in [2.45, 2.75) is 12.6 Å². The van der Waals surface area contributed by atoms with E-state index in [0.717, 1.165) is 5.56 Å². The molecule has 0 aromatic heterocycles. The van der Waals surface area contributed by atoms with Gasteiger partial charge in [0.05, 0.1) is 19.1 Å². The summed E-state index contributed by atoms with van der Waals surface area (Å²) in [5.74, 6) is -2.04. The van der Waals surface area contributed by atoms with Crippen LogP contribution in [-0.4, -0.2) is 47.8 Å². The highest BCUT2D eigenvalue weighted by Gasteiger charge is 2.23. The molecule has 1 atom stereocenters. The molecule has 0 aliphatic heterocycles. The van der Waals surface area contributed by atoms with E-state index in [-0.39, 0.29) is 13.1 Å². The van der Waals surface area contributed by atoms with Crippen LogP contribution < -0.4 is 16.4 Å². The van der Waals surface area contributed by atoms with Crippen LogP contribution in [0.15, 0.2) is 24.3 Å². The monoisotopic (exact) mass is 329 g/mol. The molecule has 0 saturated heterocycles. The summed E-state index contributed by atoms with van der Waals surface area (Å²) < 4.78 is 0. The standard InChI is InChI=1S/C14H20ClN3O4/c15-11-3-1-9(2-4-11)6-17-14(22)12(5-16)18-13(21)10(7-19)8-20/h1-4,10,12,19-20H,5-8,16H2,(H,17,22)(H,18,21). The third kappa shape index (κ3) is 5.61. The first-order valence-corrected chi connectivity index (χ1v) is 7.14. The Balaban J connectivity index is 2.53. The number of aliphatic hydroxyl groups is 2. The first kappa shape index (κ1) is 18.4. The lowest BCUT2D eigenvalue weighted by molar-refractivity contribution is -0.132. The SMILES string of the molecule is NCC(NC(=O)C(CO)CO)C(=O)NCc1ccc(Cl)cc1. The summed E-state index contributed by atoms with van der Waals surface area (Å²) in [7, 11) is 0. The largest absolute Gasteiger partial charge is 0.395 e. The summed E-state index contributed by atoms with van der Waals surface area (Å²) in [6.07, 6.45) is 0. The second-order valence-electron chi connectivity index (χ2n) is 4.70. The lowest BCUT2D eigenvalue weighted by Gasteiger charge is -2.19. The summed E-state index contributed by atoms with van der Waals surface area (Å²) in [6, 6.07) is 6.02. The van der Waals surface area contributed by atoms with Crippen LogP contribution >= 0.6 is 11.6 Å². The van der Waals surface area contributed by atoms with Gasteiger partial charge in [0.1, 0.15) is 6.04 Å². The highest BCUT2D eigenvalue weighted by Crippen LogP contribution is 2.09. The molecule has 0 aliphatic carbocycles. The van der Waals surface area contributed by atoms with Crippen molar-refractivity contribution in [3.8, 4) is 0 Å². The molecule has 0 fully saturated rings. The van der Waals surface area contributed by atoms with Gasteiger partial charge < -0.3 is 26.6 Å². The van der Waals surface area contributed by atoms with Gasteiger partial charge in [0.2, 0.25) is 11.8 Å². The summed E-state index contributed by atoms with van der Waals surface area (Å²) in [5.41, 5.74) is 6.33. The van der Waals surface area contributed by atoms with Gasteiger partial charge in [0, 0.05) is 18.1 Å². The molecule has 1 aromatic rings. The van der Waals surface area contributed by atoms with Crippen LogP contribution in [-0.2, 0) is 16.1 Å². The fraction of sp³-hybridized carbons (Fsp3) is 0.429. The van der Waals surface area contributed by atoms with Gasteiger partial charge in [-0.3, -0.25) is 9.59 Å². The number of benzene rings is 1. The minimum atomic E-state index is -0.974. The smallest absolute Gasteiger partial charge is 0.244 e. The van der Waals surface area contributed by atoms with Crippen LogP contribution in [0.25, 0.3) is 0 Å². The van der Waals surface area contributed by atoms with Crippen molar-refractivity contribution in [1.82, 2.24) is 10.6 Å². The number of hydrogen-bond donors (Lipinski definition) is 5. The number of hydrogen-bond acceptors (Lipinski definition) is 5. The van der Waals surface area contributed by atoms with Gasteiger partial charge in [0.25, 0.3) is 0 Å². The van der Waals surface area contributed by atoms with Crippen LogP contribution in [0.1, 0.15) is 5.56 Å². The molecule has 0 spiro atoms. The van der Waals surface area contributed by atoms with Gasteiger partial charge in [-0.1, -0.05) is 23.7 Å². The van der Waals surface area contributed by atoms with Gasteiger partial charge in [-0.15, -0.1) is 0 Å². The van der Waals surface area contributed by atoms with Crippen molar-refractivity contribution in [2.75, 3.05) is 19.8 Å². The van der Waals surface area contributed by atoms with Crippen LogP contribution in [0.2, 0.25) is 5.02 Å². The average Bonchev–Trinajstić information content (AvgIpc) is 2.52. The molecule has 1 unspecified atom stereocenters. The molecule has 122 valence electrons. The zero-order chi connectivity index (χ0) is 16.5. The Morgan fingerprint density at radius 2 is 1.73 bits per heavy atom. The molecule has 1 rings (SSSR count). The Bertz CT molecular complexity index is 491. The van der Waals surface area contributed by atoms with E-state index >= 15 is 0 Å². The molecule has 2 amide bonds. The summed E-state index contributed by atoms with van der Waals surface area (Å²) in [4.78, 5) is 23.7. The van der Waals surface area contributed by atoms with Crippen LogP contribution in [0.4, 0.5) is 0 Å². The van der Waals surface area contributed by atoms with Gasteiger partial charge in [-0.05, 0) is 17.7 Å². The van der Waals surface area contributed by atoms with E-state index in [1.807, 2.05) is 0 Å². The number of amides is 2. The molecule has 0 radical (unpaired) electrons. The molecule has 6 N–H and O–H groups in total. The van der Waals surface area contributed by atoms with Crippen LogP contribution in [0.3, 0.4) is 0 Å². The average molecular weight is 330 g/mol. The Kier molecular flexibility index (Phi) is 7.83. The molecular weight excluding hydrogens is 310 g/mol. The Morgan fingerprint density at radius 1 is 1.14 bits per heavy atom. The van der Waals surface area contributed by atoms with E-state index in [0.29, 0.717) is 5.02 Å². The molecule has 0 saturated carbocycles. The normalized spacial score (nSPS) is 12.0. The van der Waals surface area contributed by atoms with Crippen molar-refractivity contribution >= 4 is 23.4 Å². The lowest BCUT2D eigenvalue weighted by atomic mass is 10.1. The number of rotatable bonds is 8. The molecule has 0 aliphatic rings. The second kappa shape index (κ2) is 9.37. The number of aliphatic hydroxyl groups excluding tert-OH is 2. The summed E-state index contributed by atoms with van der Waals surface area (Å²) in [5, 5.41) is 23.5. The van der Waals surface area contributed by atoms with Crippen molar-refractivity contribution < 1.29 is 19.8 Å². The molecule has 7 nitrogen and oxygen atoms in total. The van der Waals surface area contributed by atoms with Crippen molar-refractivity contribution in [3.05, 3.63) is 34.9 Å². The molecule has 1 aromatic carbocycles. The maximum atomic E-state index is 12.0. The minimum absolute atomic E-state index is 0.0955. The fourth-order valence-electron chi connectivity index (χ4n) is 1.66. The first-order valence-electron chi connectivity index (χ1n) is 6.76. The van der Waals surface area contributed by atoms with E-state index in [1.54, 1.807) is 24.3 Å². The number of carbonyl (C=O) groups is 2. The number of nitrogens with one attached hydrogen (secondary N) is 2. The Hall–Kier alpha value is -1.67. The minimum Gasteiger partial charge on any atom is -0.395 e. The fourth-order valence-corrected chi connectivity index (χ4v) is 1.79. The van der Waals surface area contributed by atoms with Gasteiger partial charge in [0.15, 0.2) is 0 Å². The number of carbonyl (C=O) groups excluding carboxylic acids is 2. The van der Waals surface area contributed by atoms with Crippen LogP contribution in [0, 0.1) is 5.92 Å². The quantitative estimate of drug-likeness (QED) is 0.418. The predicted molar refractivity (Wildman–Crippen MR) is 81.9 cm³/mol. The van der Waals surface area contributed by atoms with E-state index < -0.39 is 37.0 Å². The summed E-state index contributed by atoms with van der Waals surface area (Å²) >= 11 is 5.77. The van der Waals surface area contributed by atoms with Gasteiger partial charge >= 0.3 is 0 Å². The van der Waals surface area contributed by atoms with Gasteiger partial charge in [-0.25, -0.2) is 0 Å². The first-order chi connectivity index (χ1) is 10.5. The van der Waals surface area contributed by atoms with Gasteiger partial charge in [-0.2, -0.15) is 0 Å². The Labute approximate surface area is 133 Å². The lowest BCUT2D eigenvalue weighted by Crippen LogP contribution is -2.52. The highest BCUT2D eigenvalue weighted by molar-refractivity contribution is 6.30. The van der Waals surface area contributed by atoms with E-state index in [4.69, 9.17) is 27.5 Å². The topological polar surface area (TPSA) is 125 Å². The zero-order valence-electron chi connectivity index (χ0n) is 12.0. The number of halogens is 1. The molecule has 0 bridgehead atoms. The summed E-state index contributed by atoms with van der Waals surface area (Å²) in [6.45, 7) is -0.842. The Morgan fingerprint density at radius 3 is 2.23 bits per heavy atom. The van der Waals surface area contributed by atoms with Crippen molar-refractivity contribution in [1.29, 1.82) is 0 Å². The zero-order valence-corrected chi connectivity index (χ0v) is 12.7. The predicted octanol–water partition coefficient (Wildman–Crippen LogP) is -0.999. The molecule has 22 heavy (non-hydrogen) atoms. The molecular formula is C14H20ClN3O4. The number of nitrogens with two attached hydrogens (primary N) is 1. The van der Waals surface area contributed by atoms with E-state index in [1.165, 1.54) is 0 Å². The second-order valence-corrected chi connectivity index (χ2v) is 5.14. The van der Waals surface area contributed by atoms with E-state index in [9.17, 15) is 9.59 Å². The van der Waals surface area contributed by atoms with E-state index in [2.05, 4.69) is 10.6 Å².